The lowest BCUT2D eigenvalue weighted by molar-refractivity contribution is 0.803. The maximum absolute atomic E-state index is 4.27. The van der Waals surface area contributed by atoms with Gasteiger partial charge in [0.15, 0.2) is 0 Å². The van der Waals surface area contributed by atoms with Gasteiger partial charge >= 0.3 is 0 Å². The van der Waals surface area contributed by atoms with Crippen molar-refractivity contribution in [2.75, 3.05) is 0 Å². The Kier molecular flexibility index (Phi) is 4.34. The molecule has 0 aliphatic heterocycles. The second-order valence-electron chi connectivity index (χ2n) is 4.97. The summed E-state index contributed by atoms with van der Waals surface area (Å²) >= 11 is 2.29. The van der Waals surface area contributed by atoms with Crippen LogP contribution in [0.4, 0.5) is 0 Å². The number of rotatable bonds is 4. The lowest BCUT2D eigenvalue weighted by Gasteiger charge is -2.00. The number of benzene rings is 2. The zero-order valence-corrected chi connectivity index (χ0v) is 14.0. The molecule has 0 atom stereocenters. The molecule has 0 aliphatic carbocycles. The molecule has 1 heterocycles. The third kappa shape index (κ3) is 3.32. The van der Waals surface area contributed by atoms with E-state index >= 15 is 0 Å². The molecular formula is C17H16IN3. The first kappa shape index (κ1) is 14.3. The molecule has 2 aromatic carbocycles. The van der Waals surface area contributed by atoms with Crippen molar-refractivity contribution in [1.82, 2.24) is 15.0 Å². The van der Waals surface area contributed by atoms with Crippen LogP contribution in [0.1, 0.15) is 18.9 Å². The van der Waals surface area contributed by atoms with E-state index in [1.807, 2.05) is 23.0 Å². The third-order valence-corrected chi connectivity index (χ3v) is 4.09. The van der Waals surface area contributed by atoms with Gasteiger partial charge in [0.25, 0.3) is 0 Å². The SMILES string of the molecule is CCCc1ccc(-c2cn(-c3ccc(I)cc3)nn2)cc1. The van der Waals surface area contributed by atoms with E-state index < -0.39 is 0 Å². The van der Waals surface area contributed by atoms with Crippen LogP contribution in [-0.2, 0) is 6.42 Å². The molecule has 3 aromatic rings. The average molecular weight is 389 g/mol. The molecule has 0 bridgehead atoms. The predicted octanol–water partition coefficient (Wildman–Crippen LogP) is 4.49. The van der Waals surface area contributed by atoms with E-state index in [1.165, 1.54) is 15.6 Å². The first-order valence-electron chi connectivity index (χ1n) is 7.04. The zero-order chi connectivity index (χ0) is 14.7. The fourth-order valence-corrected chi connectivity index (χ4v) is 2.61. The zero-order valence-electron chi connectivity index (χ0n) is 11.8. The van der Waals surface area contributed by atoms with Gasteiger partial charge < -0.3 is 0 Å². The van der Waals surface area contributed by atoms with E-state index in [0.717, 1.165) is 23.4 Å². The van der Waals surface area contributed by atoms with Crippen molar-refractivity contribution in [3.63, 3.8) is 0 Å². The van der Waals surface area contributed by atoms with Crippen LogP contribution >= 0.6 is 22.6 Å². The molecule has 21 heavy (non-hydrogen) atoms. The van der Waals surface area contributed by atoms with Crippen LogP contribution in [-0.4, -0.2) is 15.0 Å². The van der Waals surface area contributed by atoms with E-state index in [9.17, 15) is 0 Å². The first-order valence-corrected chi connectivity index (χ1v) is 8.12. The maximum atomic E-state index is 4.27. The minimum Gasteiger partial charge on any atom is -0.220 e. The molecule has 0 unspecified atom stereocenters. The van der Waals surface area contributed by atoms with Gasteiger partial charge in [-0.15, -0.1) is 5.10 Å². The van der Waals surface area contributed by atoms with Crippen molar-refractivity contribution >= 4 is 22.6 Å². The number of halogens is 1. The Morgan fingerprint density at radius 1 is 1.00 bits per heavy atom. The summed E-state index contributed by atoms with van der Waals surface area (Å²) in [6.07, 6.45) is 4.26. The Morgan fingerprint density at radius 3 is 2.38 bits per heavy atom. The van der Waals surface area contributed by atoms with Crippen LogP contribution in [0.5, 0.6) is 0 Å². The molecule has 106 valence electrons. The molecule has 3 nitrogen and oxygen atoms in total. The summed E-state index contributed by atoms with van der Waals surface area (Å²) in [6.45, 7) is 2.19. The molecule has 0 saturated carbocycles. The Bertz CT molecular complexity index is 715. The number of aromatic nitrogens is 3. The standard InChI is InChI=1S/C17H16IN3/c1-2-3-13-4-6-14(7-5-13)17-12-21(20-19-17)16-10-8-15(18)9-11-16/h4-12H,2-3H2,1H3. The lowest BCUT2D eigenvalue weighted by atomic mass is 10.1. The van der Waals surface area contributed by atoms with Gasteiger partial charge in [-0.25, -0.2) is 4.68 Å². The maximum Gasteiger partial charge on any atom is 0.113 e. The summed E-state index contributed by atoms with van der Waals surface area (Å²) in [6, 6.07) is 16.8. The van der Waals surface area contributed by atoms with Gasteiger partial charge in [-0.1, -0.05) is 42.8 Å². The van der Waals surface area contributed by atoms with Crippen LogP contribution < -0.4 is 0 Å². The average Bonchev–Trinajstić information content (AvgIpc) is 2.99. The third-order valence-electron chi connectivity index (χ3n) is 3.37. The van der Waals surface area contributed by atoms with Gasteiger partial charge in [0.2, 0.25) is 0 Å². The van der Waals surface area contributed by atoms with Crippen molar-refractivity contribution in [3.8, 4) is 16.9 Å². The summed E-state index contributed by atoms with van der Waals surface area (Å²) in [5.74, 6) is 0. The highest BCUT2D eigenvalue weighted by atomic mass is 127. The van der Waals surface area contributed by atoms with Crippen LogP contribution in [0.25, 0.3) is 16.9 Å². The van der Waals surface area contributed by atoms with Gasteiger partial charge in [-0.3, -0.25) is 0 Å². The number of hydrogen-bond donors (Lipinski definition) is 0. The van der Waals surface area contributed by atoms with Crippen molar-refractivity contribution < 1.29 is 0 Å². The highest BCUT2D eigenvalue weighted by Gasteiger charge is 2.05. The van der Waals surface area contributed by atoms with Crippen LogP contribution in [0.3, 0.4) is 0 Å². The molecule has 0 spiro atoms. The highest BCUT2D eigenvalue weighted by molar-refractivity contribution is 14.1. The van der Waals surface area contributed by atoms with Crippen LogP contribution in [0.2, 0.25) is 0 Å². The van der Waals surface area contributed by atoms with Crippen molar-refractivity contribution in [2.45, 2.75) is 19.8 Å². The van der Waals surface area contributed by atoms with E-state index in [2.05, 4.69) is 76.2 Å². The quantitative estimate of drug-likeness (QED) is 0.616. The first-order chi connectivity index (χ1) is 10.3. The van der Waals surface area contributed by atoms with Gasteiger partial charge in [0.1, 0.15) is 5.69 Å². The van der Waals surface area contributed by atoms with E-state index in [0.29, 0.717) is 0 Å². The van der Waals surface area contributed by atoms with Gasteiger partial charge in [0, 0.05) is 9.13 Å². The molecule has 0 fully saturated rings. The second kappa shape index (κ2) is 6.39. The second-order valence-corrected chi connectivity index (χ2v) is 6.22. The monoisotopic (exact) mass is 389 g/mol. The van der Waals surface area contributed by atoms with E-state index in [4.69, 9.17) is 0 Å². The Labute approximate surface area is 138 Å². The molecule has 3 rings (SSSR count). The molecule has 0 radical (unpaired) electrons. The number of nitrogens with zero attached hydrogens (tertiary/aromatic N) is 3. The summed E-state index contributed by atoms with van der Waals surface area (Å²) < 4.78 is 3.02. The Balaban J connectivity index is 1.85. The Morgan fingerprint density at radius 2 is 1.71 bits per heavy atom. The fraction of sp³-hybridized carbons (Fsp3) is 0.176. The number of aryl methyl sites for hydroxylation is 1. The van der Waals surface area contributed by atoms with Gasteiger partial charge in [0.05, 0.1) is 11.9 Å². The summed E-state index contributed by atoms with van der Waals surface area (Å²) in [7, 11) is 0. The minimum absolute atomic E-state index is 0.900. The lowest BCUT2D eigenvalue weighted by Crippen LogP contribution is -1.94. The topological polar surface area (TPSA) is 30.7 Å². The largest absolute Gasteiger partial charge is 0.220 e. The number of hydrogen-bond acceptors (Lipinski definition) is 2. The molecule has 0 aliphatic rings. The summed E-state index contributed by atoms with van der Waals surface area (Å²) in [4.78, 5) is 0. The van der Waals surface area contributed by atoms with Crippen LogP contribution in [0, 0.1) is 3.57 Å². The van der Waals surface area contributed by atoms with Crippen molar-refractivity contribution in [3.05, 3.63) is 63.9 Å². The highest BCUT2D eigenvalue weighted by Crippen LogP contribution is 2.19. The van der Waals surface area contributed by atoms with E-state index in [-0.39, 0.29) is 0 Å². The van der Waals surface area contributed by atoms with Gasteiger partial charge in [-0.05, 0) is 58.8 Å². The smallest absolute Gasteiger partial charge is 0.113 e. The minimum atomic E-state index is 0.900. The summed E-state index contributed by atoms with van der Waals surface area (Å²) in [5, 5.41) is 8.49. The van der Waals surface area contributed by atoms with Crippen molar-refractivity contribution in [1.29, 1.82) is 0 Å². The van der Waals surface area contributed by atoms with Gasteiger partial charge in [-0.2, -0.15) is 0 Å². The Hall–Kier alpha value is -1.69. The molecule has 1 aromatic heterocycles. The summed E-state index contributed by atoms with van der Waals surface area (Å²) in [5.41, 5.74) is 4.39. The van der Waals surface area contributed by atoms with Crippen molar-refractivity contribution in [2.24, 2.45) is 0 Å². The van der Waals surface area contributed by atoms with Crippen LogP contribution in [0.15, 0.2) is 54.7 Å². The molecular weight excluding hydrogens is 373 g/mol. The normalized spacial score (nSPS) is 10.8. The fourth-order valence-electron chi connectivity index (χ4n) is 2.25. The molecule has 0 N–H and O–H groups in total. The molecule has 0 amide bonds. The molecule has 4 heteroatoms. The predicted molar refractivity (Wildman–Crippen MR) is 93.5 cm³/mol. The molecule has 0 saturated heterocycles. The van der Waals surface area contributed by atoms with E-state index in [1.54, 1.807) is 0 Å².